The van der Waals surface area contributed by atoms with E-state index in [-0.39, 0.29) is 16.3 Å². The van der Waals surface area contributed by atoms with Crippen LogP contribution in [0.1, 0.15) is 13.8 Å². The lowest BCUT2D eigenvalue weighted by molar-refractivity contribution is -0.122. The Labute approximate surface area is 178 Å². The zero-order valence-corrected chi connectivity index (χ0v) is 18.8. The number of benzene rings is 2. The van der Waals surface area contributed by atoms with Gasteiger partial charge >= 0.3 is 0 Å². The summed E-state index contributed by atoms with van der Waals surface area (Å²) in [7, 11) is -0.963. The molecule has 29 heavy (non-hydrogen) atoms. The monoisotopic (exact) mass is 488 g/mol. The zero-order chi connectivity index (χ0) is 21.8. The van der Waals surface area contributed by atoms with E-state index < -0.39 is 27.9 Å². The predicted octanol–water partition coefficient (Wildman–Crippen LogP) is 3.64. The fourth-order valence-electron chi connectivity index (χ4n) is 2.32. The molecule has 0 fully saturated rings. The van der Waals surface area contributed by atoms with Gasteiger partial charge in [0, 0.05) is 19.8 Å². The molecule has 0 aliphatic rings. The Morgan fingerprint density at radius 1 is 1.21 bits per heavy atom. The van der Waals surface area contributed by atoms with Gasteiger partial charge in [-0.15, -0.1) is 0 Å². The molecule has 0 saturated carbocycles. The van der Waals surface area contributed by atoms with Gasteiger partial charge in [0.25, 0.3) is 5.91 Å². The van der Waals surface area contributed by atoms with Gasteiger partial charge in [-0.1, -0.05) is 0 Å². The Bertz CT molecular complexity index is 998. The molecular formula is C19H22BrFN2O5S. The van der Waals surface area contributed by atoms with Crippen molar-refractivity contribution in [1.82, 2.24) is 4.31 Å². The molecular weight excluding hydrogens is 467 g/mol. The largest absolute Gasteiger partial charge is 0.492 e. The first-order valence-electron chi connectivity index (χ1n) is 8.68. The number of nitrogens with zero attached hydrogens (tertiary/aromatic N) is 1. The number of hydrogen-bond donors (Lipinski definition) is 1. The molecule has 2 aromatic carbocycles. The highest BCUT2D eigenvalue weighted by Crippen LogP contribution is 2.30. The summed E-state index contributed by atoms with van der Waals surface area (Å²) < 4.78 is 50.7. The molecule has 1 unspecified atom stereocenters. The number of anilines is 1. The molecule has 2 rings (SSSR count). The van der Waals surface area contributed by atoms with Crippen LogP contribution in [0.5, 0.6) is 11.5 Å². The second-order valence-electron chi connectivity index (χ2n) is 6.21. The SMILES string of the molecule is CCOc1ccc(NC(=O)C(C)Oc2ccc(F)cc2Br)cc1S(=O)(=O)N(C)C. The van der Waals surface area contributed by atoms with E-state index in [1.54, 1.807) is 6.92 Å². The first-order chi connectivity index (χ1) is 13.6. The fraction of sp³-hybridized carbons (Fsp3) is 0.316. The number of carbonyl (C=O) groups excluding carboxylic acids is 1. The third-order valence-electron chi connectivity index (χ3n) is 3.84. The molecule has 158 valence electrons. The van der Waals surface area contributed by atoms with Crippen molar-refractivity contribution in [3.8, 4) is 11.5 Å². The van der Waals surface area contributed by atoms with Crippen LogP contribution in [0.25, 0.3) is 0 Å². The average molecular weight is 489 g/mol. The first-order valence-corrected chi connectivity index (χ1v) is 10.9. The number of carbonyl (C=O) groups is 1. The molecule has 1 N–H and O–H groups in total. The summed E-state index contributed by atoms with van der Waals surface area (Å²) in [5, 5.41) is 2.62. The highest BCUT2D eigenvalue weighted by molar-refractivity contribution is 9.10. The Morgan fingerprint density at radius 2 is 1.86 bits per heavy atom. The van der Waals surface area contributed by atoms with Crippen LogP contribution < -0.4 is 14.8 Å². The first kappa shape index (κ1) is 23.1. The van der Waals surface area contributed by atoms with Gasteiger partial charge in [0.15, 0.2) is 6.10 Å². The third kappa shape index (κ3) is 5.68. The summed E-state index contributed by atoms with van der Waals surface area (Å²) in [5.41, 5.74) is 0.271. The lowest BCUT2D eigenvalue weighted by atomic mass is 10.2. The maximum atomic E-state index is 13.2. The summed E-state index contributed by atoms with van der Waals surface area (Å²) in [6.45, 7) is 3.56. The van der Waals surface area contributed by atoms with Crippen molar-refractivity contribution in [2.24, 2.45) is 0 Å². The quantitative estimate of drug-likeness (QED) is 0.612. The van der Waals surface area contributed by atoms with Crippen molar-refractivity contribution in [3.63, 3.8) is 0 Å². The second kappa shape index (κ2) is 9.55. The van der Waals surface area contributed by atoms with Crippen molar-refractivity contribution < 1.29 is 27.1 Å². The molecule has 0 heterocycles. The highest BCUT2D eigenvalue weighted by Gasteiger charge is 2.24. The zero-order valence-electron chi connectivity index (χ0n) is 16.4. The van der Waals surface area contributed by atoms with Gasteiger partial charge in [-0.3, -0.25) is 4.79 Å². The van der Waals surface area contributed by atoms with Crippen molar-refractivity contribution in [2.45, 2.75) is 24.8 Å². The average Bonchev–Trinajstić information content (AvgIpc) is 2.65. The van der Waals surface area contributed by atoms with Gasteiger partial charge < -0.3 is 14.8 Å². The van der Waals surface area contributed by atoms with E-state index in [0.717, 1.165) is 4.31 Å². The van der Waals surface area contributed by atoms with E-state index in [4.69, 9.17) is 9.47 Å². The Hall–Kier alpha value is -2.17. The van der Waals surface area contributed by atoms with Crippen LogP contribution in [-0.4, -0.2) is 45.4 Å². The maximum Gasteiger partial charge on any atom is 0.265 e. The van der Waals surface area contributed by atoms with Crippen molar-refractivity contribution in [2.75, 3.05) is 26.0 Å². The van der Waals surface area contributed by atoms with E-state index in [1.165, 1.54) is 57.4 Å². The normalized spacial score (nSPS) is 12.5. The van der Waals surface area contributed by atoms with Gasteiger partial charge in [0.05, 0.1) is 11.1 Å². The molecule has 0 aliphatic heterocycles. The molecule has 10 heteroatoms. The van der Waals surface area contributed by atoms with Gasteiger partial charge in [-0.25, -0.2) is 17.1 Å². The van der Waals surface area contributed by atoms with Crippen LogP contribution in [0.15, 0.2) is 45.8 Å². The number of nitrogens with one attached hydrogen (secondary N) is 1. The number of ether oxygens (including phenoxy) is 2. The van der Waals surface area contributed by atoms with E-state index >= 15 is 0 Å². The van der Waals surface area contributed by atoms with Crippen LogP contribution >= 0.6 is 15.9 Å². The van der Waals surface area contributed by atoms with Crippen molar-refractivity contribution in [3.05, 3.63) is 46.7 Å². The number of rotatable bonds is 8. The molecule has 0 aliphatic carbocycles. The second-order valence-corrected chi connectivity index (χ2v) is 9.18. The number of sulfonamides is 1. The predicted molar refractivity (Wildman–Crippen MR) is 111 cm³/mol. The van der Waals surface area contributed by atoms with Gasteiger partial charge in [0.2, 0.25) is 10.0 Å². The van der Waals surface area contributed by atoms with Crippen LogP contribution in [0.3, 0.4) is 0 Å². The van der Waals surface area contributed by atoms with E-state index in [9.17, 15) is 17.6 Å². The fourth-order valence-corrected chi connectivity index (χ4v) is 3.81. The van der Waals surface area contributed by atoms with E-state index in [0.29, 0.717) is 16.8 Å². The van der Waals surface area contributed by atoms with Gasteiger partial charge in [-0.2, -0.15) is 0 Å². The summed E-state index contributed by atoms with van der Waals surface area (Å²) in [6, 6.07) is 8.20. The number of hydrogen-bond acceptors (Lipinski definition) is 5. The van der Waals surface area contributed by atoms with Gasteiger partial charge in [0.1, 0.15) is 22.2 Å². The minimum atomic E-state index is -3.78. The van der Waals surface area contributed by atoms with E-state index in [1.807, 2.05) is 0 Å². The minimum absolute atomic E-state index is 0.0583. The standard InChI is InChI=1S/C19H22BrFN2O5S/c1-5-27-17-9-7-14(11-18(17)29(25,26)23(3)4)22-19(24)12(2)28-16-8-6-13(21)10-15(16)20/h6-12H,5H2,1-4H3,(H,22,24). The number of amides is 1. The lowest BCUT2D eigenvalue weighted by Crippen LogP contribution is -2.30. The maximum absolute atomic E-state index is 13.2. The third-order valence-corrected chi connectivity index (χ3v) is 6.29. The molecule has 1 atom stereocenters. The molecule has 1 amide bonds. The molecule has 0 aromatic heterocycles. The summed E-state index contributed by atoms with van der Waals surface area (Å²) in [5.74, 6) is -0.445. The van der Waals surface area contributed by atoms with Gasteiger partial charge in [-0.05, 0) is 66.2 Å². The van der Waals surface area contributed by atoms with Crippen LogP contribution in [-0.2, 0) is 14.8 Å². The Morgan fingerprint density at radius 3 is 2.45 bits per heavy atom. The molecule has 0 radical (unpaired) electrons. The minimum Gasteiger partial charge on any atom is -0.492 e. The molecule has 0 bridgehead atoms. The molecule has 2 aromatic rings. The summed E-state index contributed by atoms with van der Waals surface area (Å²) in [4.78, 5) is 12.4. The molecule has 0 saturated heterocycles. The Kier molecular flexibility index (Phi) is 7.61. The summed E-state index contributed by atoms with van der Waals surface area (Å²) in [6.07, 6.45) is -0.919. The number of halogens is 2. The highest BCUT2D eigenvalue weighted by atomic mass is 79.9. The van der Waals surface area contributed by atoms with Crippen molar-refractivity contribution >= 4 is 37.5 Å². The molecule has 0 spiro atoms. The van der Waals surface area contributed by atoms with Crippen LogP contribution in [0, 0.1) is 5.82 Å². The molecule has 7 nitrogen and oxygen atoms in total. The smallest absolute Gasteiger partial charge is 0.265 e. The summed E-state index contributed by atoms with van der Waals surface area (Å²) >= 11 is 3.18. The van der Waals surface area contributed by atoms with Crippen LogP contribution in [0.2, 0.25) is 0 Å². The van der Waals surface area contributed by atoms with Crippen molar-refractivity contribution in [1.29, 1.82) is 0 Å². The topological polar surface area (TPSA) is 84.9 Å². The lowest BCUT2D eigenvalue weighted by Gasteiger charge is -2.18. The van der Waals surface area contributed by atoms with Crippen LogP contribution in [0.4, 0.5) is 10.1 Å². The van der Waals surface area contributed by atoms with E-state index in [2.05, 4.69) is 21.2 Å². The Balaban J connectivity index is 2.23.